The molecule has 2 aromatic rings. The Morgan fingerprint density at radius 3 is 2.29 bits per heavy atom. The quantitative estimate of drug-likeness (QED) is 0.743. The first-order chi connectivity index (χ1) is 11.5. The minimum absolute atomic E-state index is 0.0792. The van der Waals surface area contributed by atoms with Crippen LogP contribution in [0.3, 0.4) is 0 Å². The van der Waals surface area contributed by atoms with E-state index in [-0.39, 0.29) is 5.75 Å². The topological polar surface area (TPSA) is 37.4 Å². The predicted octanol–water partition coefficient (Wildman–Crippen LogP) is 4.23. The SMILES string of the molecule is O=S(=O)(Cc1cccc(Br)c1)N1CCC(Cc2ccccc2)CC1. The van der Waals surface area contributed by atoms with Crippen molar-refractivity contribution in [1.29, 1.82) is 0 Å². The van der Waals surface area contributed by atoms with Gasteiger partial charge in [0.1, 0.15) is 0 Å². The second kappa shape index (κ2) is 7.81. The monoisotopic (exact) mass is 407 g/mol. The standard InChI is InChI=1S/C19H22BrNO2S/c20-19-8-4-7-18(14-19)15-24(22,23)21-11-9-17(10-12-21)13-16-5-2-1-3-6-16/h1-8,14,17H,9-13,15H2. The number of halogens is 1. The minimum atomic E-state index is -3.24. The second-order valence-corrected chi connectivity index (χ2v) is 9.30. The minimum Gasteiger partial charge on any atom is -0.212 e. The summed E-state index contributed by atoms with van der Waals surface area (Å²) < 4.78 is 27.9. The average Bonchev–Trinajstić information content (AvgIpc) is 2.56. The van der Waals surface area contributed by atoms with Gasteiger partial charge in [-0.05, 0) is 48.4 Å². The molecule has 2 aromatic carbocycles. The molecule has 0 N–H and O–H groups in total. The van der Waals surface area contributed by atoms with Gasteiger partial charge in [-0.25, -0.2) is 12.7 Å². The maximum Gasteiger partial charge on any atom is 0.218 e. The molecule has 0 amide bonds. The molecule has 0 aliphatic carbocycles. The fourth-order valence-corrected chi connectivity index (χ4v) is 5.26. The Kier molecular flexibility index (Phi) is 5.74. The summed E-state index contributed by atoms with van der Waals surface area (Å²) >= 11 is 3.40. The smallest absolute Gasteiger partial charge is 0.212 e. The molecule has 24 heavy (non-hydrogen) atoms. The van der Waals surface area contributed by atoms with Gasteiger partial charge in [0.25, 0.3) is 0 Å². The van der Waals surface area contributed by atoms with Gasteiger partial charge < -0.3 is 0 Å². The molecule has 1 heterocycles. The molecular formula is C19H22BrNO2S. The summed E-state index contributed by atoms with van der Waals surface area (Å²) in [7, 11) is -3.24. The molecule has 1 saturated heterocycles. The number of piperidine rings is 1. The lowest BCUT2D eigenvalue weighted by Crippen LogP contribution is -2.39. The number of hydrogen-bond acceptors (Lipinski definition) is 2. The predicted molar refractivity (Wildman–Crippen MR) is 101 cm³/mol. The number of nitrogens with zero attached hydrogens (tertiary/aromatic N) is 1. The number of benzene rings is 2. The normalized spacial score (nSPS) is 17.0. The first kappa shape index (κ1) is 17.6. The van der Waals surface area contributed by atoms with Gasteiger partial charge in [0.05, 0.1) is 5.75 Å². The summed E-state index contributed by atoms with van der Waals surface area (Å²) in [5.41, 5.74) is 2.17. The molecular weight excluding hydrogens is 386 g/mol. The third-order valence-electron chi connectivity index (χ3n) is 4.57. The fourth-order valence-electron chi connectivity index (χ4n) is 3.27. The maximum absolute atomic E-state index is 12.6. The third-order valence-corrected chi connectivity index (χ3v) is 6.92. The molecule has 3 nitrogen and oxygen atoms in total. The zero-order chi connectivity index (χ0) is 17.0. The highest BCUT2D eigenvalue weighted by Gasteiger charge is 2.28. The molecule has 0 bridgehead atoms. The summed E-state index contributed by atoms with van der Waals surface area (Å²) in [6.07, 6.45) is 2.92. The van der Waals surface area contributed by atoms with Crippen LogP contribution in [0.1, 0.15) is 24.0 Å². The lowest BCUT2D eigenvalue weighted by atomic mass is 9.91. The highest BCUT2D eigenvalue weighted by Crippen LogP contribution is 2.25. The zero-order valence-corrected chi connectivity index (χ0v) is 16.0. The van der Waals surface area contributed by atoms with Crippen molar-refractivity contribution < 1.29 is 8.42 Å². The van der Waals surface area contributed by atoms with Crippen molar-refractivity contribution in [3.8, 4) is 0 Å². The lowest BCUT2D eigenvalue weighted by Gasteiger charge is -2.31. The van der Waals surface area contributed by atoms with Crippen LogP contribution >= 0.6 is 15.9 Å². The van der Waals surface area contributed by atoms with Gasteiger partial charge in [0.15, 0.2) is 0 Å². The van der Waals surface area contributed by atoms with E-state index in [1.54, 1.807) is 4.31 Å². The largest absolute Gasteiger partial charge is 0.218 e. The summed E-state index contributed by atoms with van der Waals surface area (Å²) in [6.45, 7) is 1.27. The molecule has 1 aliphatic heterocycles. The van der Waals surface area contributed by atoms with Crippen molar-refractivity contribution in [2.75, 3.05) is 13.1 Å². The van der Waals surface area contributed by atoms with E-state index in [2.05, 4.69) is 40.2 Å². The average molecular weight is 408 g/mol. The summed E-state index contributed by atoms with van der Waals surface area (Å²) in [5.74, 6) is 0.653. The molecule has 5 heteroatoms. The van der Waals surface area contributed by atoms with Crippen molar-refractivity contribution >= 4 is 26.0 Å². The zero-order valence-electron chi connectivity index (χ0n) is 13.6. The lowest BCUT2D eigenvalue weighted by molar-refractivity contribution is 0.272. The number of rotatable bonds is 5. The first-order valence-corrected chi connectivity index (χ1v) is 10.7. The Hall–Kier alpha value is -1.17. The molecule has 0 saturated carbocycles. The Morgan fingerprint density at radius 2 is 1.62 bits per heavy atom. The van der Waals surface area contributed by atoms with E-state index in [1.165, 1.54) is 5.56 Å². The van der Waals surface area contributed by atoms with E-state index in [4.69, 9.17) is 0 Å². The van der Waals surface area contributed by atoms with Gasteiger partial charge in [-0.2, -0.15) is 0 Å². The van der Waals surface area contributed by atoms with Gasteiger partial charge >= 0.3 is 0 Å². The van der Waals surface area contributed by atoms with Gasteiger partial charge in [-0.15, -0.1) is 0 Å². The summed E-state index contributed by atoms with van der Waals surface area (Å²) in [6, 6.07) is 18.0. The molecule has 0 unspecified atom stereocenters. The summed E-state index contributed by atoms with van der Waals surface area (Å²) in [4.78, 5) is 0. The van der Waals surface area contributed by atoms with Gasteiger partial charge in [0.2, 0.25) is 10.0 Å². The van der Waals surface area contributed by atoms with Crippen molar-refractivity contribution in [2.45, 2.75) is 25.0 Å². The van der Waals surface area contributed by atoms with E-state index >= 15 is 0 Å². The van der Waals surface area contributed by atoms with Gasteiger partial charge in [-0.3, -0.25) is 0 Å². The molecule has 0 spiro atoms. The fraction of sp³-hybridized carbons (Fsp3) is 0.368. The van der Waals surface area contributed by atoms with Crippen LogP contribution in [0.2, 0.25) is 0 Å². The molecule has 0 aromatic heterocycles. The molecule has 1 fully saturated rings. The number of hydrogen-bond donors (Lipinski definition) is 0. The highest BCUT2D eigenvalue weighted by atomic mass is 79.9. The Bertz CT molecular complexity index is 769. The maximum atomic E-state index is 12.6. The number of sulfonamides is 1. The van der Waals surface area contributed by atoms with Crippen molar-refractivity contribution in [3.63, 3.8) is 0 Å². The van der Waals surface area contributed by atoms with Crippen molar-refractivity contribution in [1.82, 2.24) is 4.31 Å². The first-order valence-electron chi connectivity index (χ1n) is 8.29. The van der Waals surface area contributed by atoms with Crippen LogP contribution in [0.25, 0.3) is 0 Å². The van der Waals surface area contributed by atoms with Crippen LogP contribution in [0, 0.1) is 5.92 Å². The van der Waals surface area contributed by atoms with Gasteiger partial charge in [0, 0.05) is 17.6 Å². The summed E-state index contributed by atoms with van der Waals surface area (Å²) in [5, 5.41) is 0. The molecule has 0 radical (unpaired) electrons. The van der Waals surface area contributed by atoms with Crippen LogP contribution < -0.4 is 0 Å². The Balaban J connectivity index is 1.57. The van der Waals surface area contributed by atoms with Crippen LogP contribution in [-0.4, -0.2) is 25.8 Å². The molecule has 3 rings (SSSR count). The van der Waals surface area contributed by atoms with Crippen LogP contribution in [0.15, 0.2) is 59.1 Å². The van der Waals surface area contributed by atoms with Crippen molar-refractivity contribution in [3.05, 3.63) is 70.2 Å². The van der Waals surface area contributed by atoms with E-state index < -0.39 is 10.0 Å². The van der Waals surface area contributed by atoms with Crippen LogP contribution in [-0.2, 0) is 22.2 Å². The molecule has 128 valence electrons. The van der Waals surface area contributed by atoms with E-state index in [0.29, 0.717) is 19.0 Å². The van der Waals surface area contributed by atoms with Crippen LogP contribution in [0.5, 0.6) is 0 Å². The van der Waals surface area contributed by atoms with Crippen molar-refractivity contribution in [2.24, 2.45) is 5.92 Å². The van der Waals surface area contributed by atoms with E-state index in [9.17, 15) is 8.42 Å². The Morgan fingerprint density at radius 1 is 0.958 bits per heavy atom. The second-order valence-electron chi connectivity index (χ2n) is 6.42. The van der Waals surface area contributed by atoms with Crippen LogP contribution in [0.4, 0.5) is 0 Å². The van der Waals surface area contributed by atoms with Gasteiger partial charge in [-0.1, -0.05) is 58.4 Å². The van der Waals surface area contributed by atoms with E-state index in [1.807, 2.05) is 30.3 Å². The van der Waals surface area contributed by atoms with E-state index in [0.717, 1.165) is 29.3 Å². The highest BCUT2D eigenvalue weighted by molar-refractivity contribution is 9.10. The third kappa shape index (κ3) is 4.68. The Labute approximate surface area is 152 Å². The molecule has 0 atom stereocenters. The molecule has 1 aliphatic rings.